The van der Waals surface area contributed by atoms with E-state index in [4.69, 9.17) is 18.9 Å². The van der Waals surface area contributed by atoms with Crippen LogP contribution >= 0.6 is 0 Å². The van der Waals surface area contributed by atoms with Crippen molar-refractivity contribution in [2.24, 2.45) is 0 Å². The normalized spacial score (nSPS) is 20.3. The van der Waals surface area contributed by atoms with E-state index in [0.717, 1.165) is 57.8 Å². The fourth-order valence-corrected chi connectivity index (χ4v) is 7.60. The molecule has 0 radical (unpaired) electrons. The van der Waals surface area contributed by atoms with Crippen molar-refractivity contribution in [3.63, 3.8) is 0 Å². The van der Waals surface area contributed by atoms with E-state index in [1.807, 2.05) is 0 Å². The quantitative estimate of drug-likeness (QED) is 0.0268. The first-order valence-corrected chi connectivity index (χ1v) is 25.2. The number of allylic oxidation sites excluding steroid dienone is 8. The third-order valence-electron chi connectivity index (χ3n) is 11.5. The summed E-state index contributed by atoms with van der Waals surface area (Å²) < 4.78 is 22.9. The van der Waals surface area contributed by atoms with Crippen LogP contribution in [0.2, 0.25) is 0 Å². The third-order valence-corrected chi connectivity index (χ3v) is 11.5. The Morgan fingerprint density at radius 2 is 1.00 bits per heavy atom. The minimum Gasteiger partial charge on any atom is -0.457 e. The highest BCUT2D eigenvalue weighted by Gasteiger charge is 2.44. The first-order valence-electron chi connectivity index (χ1n) is 25.2. The Balaban J connectivity index is 2.18. The molecule has 1 rings (SSSR count). The predicted molar refractivity (Wildman–Crippen MR) is 251 cm³/mol. The fourth-order valence-electron chi connectivity index (χ4n) is 7.60. The van der Waals surface area contributed by atoms with Crippen LogP contribution in [0.25, 0.3) is 0 Å². The molecule has 6 atom stereocenters. The molecule has 1 fully saturated rings. The van der Waals surface area contributed by atoms with E-state index in [1.54, 1.807) is 0 Å². The molecule has 6 unspecified atom stereocenters. The summed E-state index contributed by atoms with van der Waals surface area (Å²) in [6, 6.07) is 0. The lowest BCUT2D eigenvalue weighted by Gasteiger charge is -2.39. The zero-order valence-corrected chi connectivity index (χ0v) is 39.2. The Bertz CT molecular complexity index is 1070. The van der Waals surface area contributed by atoms with E-state index < -0.39 is 43.4 Å². The number of hydrogen-bond acceptors (Lipinski definition) is 9. The highest BCUT2D eigenvalue weighted by Crippen LogP contribution is 2.23. The molecular weight excluding hydrogens is 769 g/mol. The molecule has 1 saturated heterocycles. The minimum absolute atomic E-state index is 0.113. The van der Waals surface area contributed by atoms with Gasteiger partial charge in [-0.05, 0) is 51.4 Å². The van der Waals surface area contributed by atoms with Crippen molar-refractivity contribution < 1.29 is 44.2 Å². The molecule has 9 heteroatoms. The molecule has 0 aromatic heterocycles. The Morgan fingerprint density at radius 1 is 0.541 bits per heavy atom. The van der Waals surface area contributed by atoms with Crippen LogP contribution in [0.5, 0.6) is 0 Å². The van der Waals surface area contributed by atoms with Gasteiger partial charge in [0.15, 0.2) is 6.29 Å². The smallest absolute Gasteiger partial charge is 0.306 e. The van der Waals surface area contributed by atoms with Crippen LogP contribution < -0.4 is 0 Å². The molecule has 0 aliphatic carbocycles. The molecular formula is C52H94O9. The Morgan fingerprint density at radius 3 is 1.51 bits per heavy atom. The number of rotatable bonds is 43. The number of ether oxygens (including phenoxy) is 4. The summed E-state index contributed by atoms with van der Waals surface area (Å²) >= 11 is 0. The van der Waals surface area contributed by atoms with Crippen molar-refractivity contribution >= 4 is 5.97 Å². The minimum atomic E-state index is -1.54. The van der Waals surface area contributed by atoms with Gasteiger partial charge in [0.2, 0.25) is 0 Å². The van der Waals surface area contributed by atoms with E-state index in [1.165, 1.54) is 135 Å². The van der Waals surface area contributed by atoms with Crippen LogP contribution in [0.3, 0.4) is 0 Å². The van der Waals surface area contributed by atoms with Crippen LogP contribution in [0, 0.1) is 0 Å². The van der Waals surface area contributed by atoms with Gasteiger partial charge in [-0.25, -0.2) is 0 Å². The van der Waals surface area contributed by atoms with Gasteiger partial charge in [0.25, 0.3) is 0 Å². The molecule has 0 aromatic rings. The first kappa shape index (κ1) is 57.2. The van der Waals surface area contributed by atoms with Crippen molar-refractivity contribution in [2.75, 3.05) is 26.4 Å². The zero-order valence-electron chi connectivity index (χ0n) is 39.2. The number of hydrogen-bond donors (Lipinski definition) is 4. The average molecular weight is 863 g/mol. The standard InChI is InChI=1S/C52H94O9/c1-3-5-7-9-11-13-15-17-19-20-21-22-23-24-25-26-27-28-30-32-34-36-38-40-42-58-44-46(45-59-52-51(57)50(56)49(55)47(43-53)61-52)60-48(54)41-39-37-35-33-31-29-18-16-14-12-10-8-6-4-2/h5,7,11,13,17,19,21-22,46-47,49-53,55-57H,3-4,6,8-10,12,14-16,18,20,23-45H2,1-2H3/b7-5-,13-11-,19-17-,22-21-. The molecule has 356 valence electrons. The van der Waals surface area contributed by atoms with Crippen LogP contribution in [-0.4, -0.2) is 89.6 Å². The molecule has 1 heterocycles. The maximum atomic E-state index is 12.8. The second-order valence-corrected chi connectivity index (χ2v) is 17.2. The van der Waals surface area contributed by atoms with E-state index >= 15 is 0 Å². The summed E-state index contributed by atoms with van der Waals surface area (Å²) in [5.74, 6) is -0.313. The van der Waals surface area contributed by atoms with Crippen LogP contribution in [0.4, 0.5) is 0 Å². The summed E-state index contributed by atoms with van der Waals surface area (Å²) in [6.07, 6.45) is 47.1. The second kappa shape index (κ2) is 43.4. The number of aliphatic hydroxyl groups excluding tert-OH is 4. The lowest BCUT2D eigenvalue weighted by Crippen LogP contribution is -2.59. The predicted octanol–water partition coefficient (Wildman–Crippen LogP) is 12.1. The summed E-state index contributed by atoms with van der Waals surface area (Å²) in [4.78, 5) is 12.8. The molecule has 0 bridgehead atoms. The van der Waals surface area contributed by atoms with Gasteiger partial charge in [-0.3, -0.25) is 4.79 Å². The molecule has 0 aromatic carbocycles. The number of unbranched alkanes of at least 4 members (excludes halogenated alkanes) is 24. The van der Waals surface area contributed by atoms with E-state index in [2.05, 4.69) is 62.5 Å². The van der Waals surface area contributed by atoms with E-state index in [-0.39, 0.29) is 19.2 Å². The summed E-state index contributed by atoms with van der Waals surface area (Å²) in [7, 11) is 0. The number of carbonyl (C=O) groups is 1. The first-order chi connectivity index (χ1) is 29.9. The highest BCUT2D eigenvalue weighted by atomic mass is 16.7. The van der Waals surface area contributed by atoms with Crippen LogP contribution in [0.15, 0.2) is 48.6 Å². The van der Waals surface area contributed by atoms with Gasteiger partial charge in [0.1, 0.15) is 30.5 Å². The van der Waals surface area contributed by atoms with Crippen molar-refractivity contribution in [1.29, 1.82) is 0 Å². The SMILES string of the molecule is CC/C=C\C/C=C\C/C=C\C/C=C\CCCCCCCCCCCCCOCC(COC1OC(CO)C(O)C(O)C1O)OC(=O)CCCCCCCCCCCCCCCC. The molecule has 4 N–H and O–H groups in total. The maximum absolute atomic E-state index is 12.8. The number of carbonyl (C=O) groups excluding carboxylic acids is 1. The number of aliphatic hydroxyl groups is 4. The molecule has 9 nitrogen and oxygen atoms in total. The third kappa shape index (κ3) is 34.3. The van der Waals surface area contributed by atoms with Crippen LogP contribution in [-0.2, 0) is 23.7 Å². The van der Waals surface area contributed by atoms with Gasteiger partial charge in [-0.15, -0.1) is 0 Å². The molecule has 0 saturated carbocycles. The Hall–Kier alpha value is -1.85. The Kier molecular flexibility index (Phi) is 40.7. The van der Waals surface area contributed by atoms with Gasteiger partial charge >= 0.3 is 5.97 Å². The number of esters is 1. The average Bonchev–Trinajstić information content (AvgIpc) is 3.26. The van der Waals surface area contributed by atoms with E-state index in [9.17, 15) is 25.2 Å². The van der Waals surface area contributed by atoms with Gasteiger partial charge in [0.05, 0.1) is 19.8 Å². The topological polar surface area (TPSA) is 135 Å². The lowest BCUT2D eigenvalue weighted by atomic mass is 9.99. The monoisotopic (exact) mass is 863 g/mol. The van der Waals surface area contributed by atoms with Crippen molar-refractivity contribution in [2.45, 2.75) is 250 Å². The largest absolute Gasteiger partial charge is 0.457 e. The summed E-state index contributed by atoms with van der Waals surface area (Å²) in [5.41, 5.74) is 0. The van der Waals surface area contributed by atoms with Crippen molar-refractivity contribution in [3.8, 4) is 0 Å². The molecule has 1 aliphatic rings. The highest BCUT2D eigenvalue weighted by molar-refractivity contribution is 5.69. The Labute approximate surface area is 373 Å². The molecule has 1 aliphatic heterocycles. The van der Waals surface area contributed by atoms with E-state index in [0.29, 0.717) is 13.0 Å². The second-order valence-electron chi connectivity index (χ2n) is 17.2. The molecule has 0 spiro atoms. The summed E-state index contributed by atoms with van der Waals surface area (Å²) in [5, 5.41) is 40.2. The lowest BCUT2D eigenvalue weighted by molar-refractivity contribution is -0.305. The van der Waals surface area contributed by atoms with Crippen molar-refractivity contribution in [3.05, 3.63) is 48.6 Å². The molecule has 0 amide bonds. The van der Waals surface area contributed by atoms with Gasteiger partial charge < -0.3 is 39.4 Å². The van der Waals surface area contributed by atoms with Crippen LogP contribution in [0.1, 0.15) is 213 Å². The van der Waals surface area contributed by atoms with Gasteiger partial charge in [-0.2, -0.15) is 0 Å². The molecule has 61 heavy (non-hydrogen) atoms. The maximum Gasteiger partial charge on any atom is 0.306 e. The van der Waals surface area contributed by atoms with Gasteiger partial charge in [-0.1, -0.05) is 204 Å². The van der Waals surface area contributed by atoms with Gasteiger partial charge in [0, 0.05) is 13.0 Å². The summed E-state index contributed by atoms with van der Waals surface area (Å²) in [6.45, 7) is 4.46. The van der Waals surface area contributed by atoms with Crippen molar-refractivity contribution in [1.82, 2.24) is 0 Å². The zero-order chi connectivity index (χ0) is 44.3. The fraction of sp³-hybridized carbons (Fsp3) is 0.827.